The SMILES string of the molecule is CCNC(c1cc(Cl)ccc1Cl)c1cccc(C)c1C. The summed E-state index contributed by atoms with van der Waals surface area (Å²) in [6, 6.07) is 12.0. The zero-order valence-corrected chi connectivity index (χ0v) is 13.5. The predicted molar refractivity (Wildman–Crippen MR) is 87.9 cm³/mol. The lowest BCUT2D eigenvalue weighted by Crippen LogP contribution is -2.23. The third kappa shape index (κ3) is 3.17. The van der Waals surface area contributed by atoms with Gasteiger partial charge in [-0.3, -0.25) is 0 Å². The third-order valence-electron chi connectivity index (χ3n) is 3.63. The van der Waals surface area contributed by atoms with Crippen molar-refractivity contribution >= 4 is 23.2 Å². The summed E-state index contributed by atoms with van der Waals surface area (Å²) in [5.74, 6) is 0. The van der Waals surface area contributed by atoms with Gasteiger partial charge in [0.15, 0.2) is 0 Å². The van der Waals surface area contributed by atoms with E-state index in [1.54, 1.807) is 0 Å². The Hall–Kier alpha value is -1.02. The minimum atomic E-state index is 0.0612. The first-order valence-corrected chi connectivity index (χ1v) is 7.54. The molecule has 0 saturated carbocycles. The molecule has 0 saturated heterocycles. The third-order valence-corrected chi connectivity index (χ3v) is 4.21. The van der Waals surface area contributed by atoms with Crippen LogP contribution in [0.1, 0.15) is 35.2 Å². The van der Waals surface area contributed by atoms with Gasteiger partial charge >= 0.3 is 0 Å². The van der Waals surface area contributed by atoms with Crippen molar-refractivity contribution in [3.05, 3.63) is 68.7 Å². The van der Waals surface area contributed by atoms with Crippen molar-refractivity contribution in [2.24, 2.45) is 0 Å². The lowest BCUT2D eigenvalue weighted by molar-refractivity contribution is 0.627. The Balaban J connectivity index is 2.56. The van der Waals surface area contributed by atoms with Gasteiger partial charge in [0.1, 0.15) is 0 Å². The molecule has 0 aliphatic rings. The van der Waals surface area contributed by atoms with Gasteiger partial charge in [0.05, 0.1) is 6.04 Å². The number of halogens is 2. The van der Waals surface area contributed by atoms with E-state index in [4.69, 9.17) is 23.2 Å². The molecule has 2 aromatic carbocycles. The van der Waals surface area contributed by atoms with Gasteiger partial charge in [0.25, 0.3) is 0 Å². The number of rotatable bonds is 4. The minimum absolute atomic E-state index is 0.0612. The van der Waals surface area contributed by atoms with Crippen LogP contribution in [0.5, 0.6) is 0 Å². The van der Waals surface area contributed by atoms with Crippen molar-refractivity contribution in [3.63, 3.8) is 0 Å². The largest absolute Gasteiger partial charge is 0.306 e. The first kappa shape index (κ1) is 15.4. The van der Waals surface area contributed by atoms with Crippen LogP contribution in [-0.2, 0) is 0 Å². The van der Waals surface area contributed by atoms with E-state index in [0.29, 0.717) is 5.02 Å². The average Bonchev–Trinajstić information content (AvgIpc) is 2.43. The lowest BCUT2D eigenvalue weighted by Gasteiger charge is -2.23. The van der Waals surface area contributed by atoms with Gasteiger partial charge in [-0.25, -0.2) is 0 Å². The van der Waals surface area contributed by atoms with Crippen molar-refractivity contribution < 1.29 is 0 Å². The van der Waals surface area contributed by atoms with Crippen molar-refractivity contribution in [2.45, 2.75) is 26.8 Å². The molecule has 0 bridgehead atoms. The lowest BCUT2D eigenvalue weighted by atomic mass is 9.92. The Morgan fingerprint density at radius 1 is 1.05 bits per heavy atom. The summed E-state index contributed by atoms with van der Waals surface area (Å²) >= 11 is 12.5. The van der Waals surface area contributed by atoms with Crippen LogP contribution >= 0.6 is 23.2 Å². The maximum atomic E-state index is 6.37. The molecule has 3 heteroatoms. The highest BCUT2D eigenvalue weighted by atomic mass is 35.5. The number of nitrogens with one attached hydrogen (secondary N) is 1. The first-order chi connectivity index (χ1) is 9.54. The molecule has 1 unspecified atom stereocenters. The van der Waals surface area contributed by atoms with Crippen molar-refractivity contribution in [1.82, 2.24) is 5.32 Å². The second-order valence-electron chi connectivity index (χ2n) is 4.95. The van der Waals surface area contributed by atoms with E-state index in [9.17, 15) is 0 Å². The second-order valence-corrected chi connectivity index (χ2v) is 5.79. The van der Waals surface area contributed by atoms with Gasteiger partial charge in [0.2, 0.25) is 0 Å². The number of benzene rings is 2. The average molecular weight is 308 g/mol. The monoisotopic (exact) mass is 307 g/mol. The van der Waals surface area contributed by atoms with Crippen LogP contribution in [-0.4, -0.2) is 6.54 Å². The molecule has 1 atom stereocenters. The van der Waals surface area contributed by atoms with Crippen LogP contribution in [0.4, 0.5) is 0 Å². The van der Waals surface area contributed by atoms with Crippen LogP contribution in [0, 0.1) is 13.8 Å². The van der Waals surface area contributed by atoms with Gasteiger partial charge in [-0.2, -0.15) is 0 Å². The van der Waals surface area contributed by atoms with E-state index in [0.717, 1.165) is 17.1 Å². The molecule has 106 valence electrons. The standard InChI is InChI=1S/C17H19Cl2N/c1-4-20-17(14-7-5-6-11(2)12(14)3)15-10-13(18)8-9-16(15)19/h5-10,17,20H,4H2,1-3H3. The Morgan fingerprint density at radius 2 is 1.80 bits per heavy atom. The number of aryl methyl sites for hydroxylation is 1. The maximum Gasteiger partial charge on any atom is 0.0594 e. The highest BCUT2D eigenvalue weighted by Crippen LogP contribution is 2.32. The van der Waals surface area contributed by atoms with E-state index in [2.05, 4.69) is 44.3 Å². The van der Waals surface area contributed by atoms with Crippen LogP contribution in [0.25, 0.3) is 0 Å². The smallest absolute Gasteiger partial charge is 0.0594 e. The molecule has 0 aliphatic heterocycles. The molecular weight excluding hydrogens is 289 g/mol. The summed E-state index contributed by atoms with van der Waals surface area (Å²) in [5.41, 5.74) is 4.84. The molecule has 0 aliphatic carbocycles. The molecule has 0 heterocycles. The van der Waals surface area contributed by atoms with Crippen LogP contribution in [0.3, 0.4) is 0 Å². The molecule has 0 spiro atoms. The molecule has 0 radical (unpaired) electrons. The first-order valence-electron chi connectivity index (χ1n) is 6.79. The summed E-state index contributed by atoms with van der Waals surface area (Å²) in [6.07, 6.45) is 0. The van der Waals surface area contributed by atoms with Gasteiger partial charge in [-0.15, -0.1) is 0 Å². The summed E-state index contributed by atoms with van der Waals surface area (Å²) in [6.45, 7) is 7.23. The number of hydrogen-bond donors (Lipinski definition) is 1. The highest BCUT2D eigenvalue weighted by molar-refractivity contribution is 6.33. The van der Waals surface area contributed by atoms with Crippen LogP contribution in [0.15, 0.2) is 36.4 Å². The van der Waals surface area contributed by atoms with Crippen LogP contribution < -0.4 is 5.32 Å². The van der Waals surface area contributed by atoms with E-state index < -0.39 is 0 Å². The molecule has 1 nitrogen and oxygen atoms in total. The Kier molecular flexibility index (Phi) is 5.09. The fraction of sp³-hybridized carbons (Fsp3) is 0.294. The Morgan fingerprint density at radius 3 is 2.50 bits per heavy atom. The summed E-state index contributed by atoms with van der Waals surface area (Å²) < 4.78 is 0. The molecule has 0 amide bonds. The predicted octanol–water partition coefficient (Wildman–Crippen LogP) is 5.31. The fourth-order valence-electron chi connectivity index (χ4n) is 2.41. The summed E-state index contributed by atoms with van der Waals surface area (Å²) in [7, 11) is 0. The molecule has 1 N–H and O–H groups in total. The van der Waals surface area contributed by atoms with E-state index >= 15 is 0 Å². The minimum Gasteiger partial charge on any atom is -0.306 e. The van der Waals surface area contributed by atoms with E-state index in [1.165, 1.54) is 16.7 Å². The van der Waals surface area contributed by atoms with E-state index in [-0.39, 0.29) is 6.04 Å². The summed E-state index contributed by atoms with van der Waals surface area (Å²) in [4.78, 5) is 0. The molecule has 20 heavy (non-hydrogen) atoms. The Bertz CT molecular complexity index is 606. The fourth-order valence-corrected chi connectivity index (χ4v) is 2.82. The molecule has 0 aromatic heterocycles. The molecule has 2 rings (SSSR count). The van der Waals surface area contributed by atoms with Gasteiger partial charge in [-0.05, 0) is 60.8 Å². The molecule has 2 aromatic rings. The van der Waals surface area contributed by atoms with Gasteiger partial charge in [0, 0.05) is 10.0 Å². The van der Waals surface area contributed by atoms with Crippen molar-refractivity contribution in [2.75, 3.05) is 6.54 Å². The van der Waals surface area contributed by atoms with E-state index in [1.807, 2.05) is 18.2 Å². The molecule has 0 fully saturated rings. The molecular formula is C17H19Cl2N. The highest BCUT2D eigenvalue weighted by Gasteiger charge is 2.18. The summed E-state index contributed by atoms with van der Waals surface area (Å²) in [5, 5.41) is 4.95. The topological polar surface area (TPSA) is 12.0 Å². The quantitative estimate of drug-likeness (QED) is 0.807. The zero-order chi connectivity index (χ0) is 14.7. The second kappa shape index (κ2) is 6.62. The maximum absolute atomic E-state index is 6.37. The van der Waals surface area contributed by atoms with Gasteiger partial charge in [-0.1, -0.05) is 48.3 Å². The zero-order valence-electron chi connectivity index (χ0n) is 12.0. The normalized spacial score (nSPS) is 12.4. The Labute approximate surface area is 130 Å². The van der Waals surface area contributed by atoms with Crippen molar-refractivity contribution in [3.8, 4) is 0 Å². The van der Waals surface area contributed by atoms with Crippen molar-refractivity contribution in [1.29, 1.82) is 0 Å². The van der Waals surface area contributed by atoms with Crippen LogP contribution in [0.2, 0.25) is 10.0 Å². The number of hydrogen-bond acceptors (Lipinski definition) is 1. The van der Waals surface area contributed by atoms with Gasteiger partial charge < -0.3 is 5.32 Å².